The number of hydrogen-bond acceptors (Lipinski definition) is 2. The maximum atomic E-state index is 2.32. The molecule has 0 N–H and O–H groups in total. The van der Waals surface area contributed by atoms with Crippen LogP contribution in [-0.2, 0) is 11.5 Å². The van der Waals surface area contributed by atoms with Crippen molar-refractivity contribution in [2.75, 3.05) is 11.5 Å². The molecule has 0 atom stereocenters. The summed E-state index contributed by atoms with van der Waals surface area (Å²) in [6.07, 6.45) is 0. The molecular formula is C24H22S2. The van der Waals surface area contributed by atoms with Crippen LogP contribution in [-0.4, -0.2) is 11.5 Å². The zero-order chi connectivity index (χ0) is 17.6. The van der Waals surface area contributed by atoms with Crippen LogP contribution in [0.4, 0.5) is 0 Å². The van der Waals surface area contributed by atoms with Gasteiger partial charge in [0.2, 0.25) is 0 Å². The molecule has 26 heavy (non-hydrogen) atoms. The van der Waals surface area contributed by atoms with E-state index >= 15 is 0 Å². The molecule has 130 valence electrons. The van der Waals surface area contributed by atoms with E-state index in [0.717, 1.165) is 11.5 Å². The maximum absolute atomic E-state index is 2.32. The highest BCUT2D eigenvalue weighted by atomic mass is 32.2. The summed E-state index contributed by atoms with van der Waals surface area (Å²) in [4.78, 5) is 0. The lowest BCUT2D eigenvalue weighted by Gasteiger charge is -2.06. The minimum Gasteiger partial charge on any atom is -0.156 e. The van der Waals surface area contributed by atoms with Crippen LogP contribution < -0.4 is 0 Å². The van der Waals surface area contributed by atoms with E-state index in [9.17, 15) is 0 Å². The number of rotatable bonds is 7. The van der Waals surface area contributed by atoms with Crippen molar-refractivity contribution in [3.63, 3.8) is 0 Å². The average Bonchev–Trinajstić information content (AvgIpc) is 2.70. The summed E-state index contributed by atoms with van der Waals surface area (Å²) in [5.74, 6) is 4.60. The first-order valence-corrected chi connectivity index (χ1v) is 11.3. The Morgan fingerprint density at radius 2 is 0.885 bits per heavy atom. The third kappa shape index (κ3) is 4.44. The first-order chi connectivity index (χ1) is 12.9. The van der Waals surface area contributed by atoms with Gasteiger partial charge in [-0.15, -0.1) is 0 Å². The van der Waals surface area contributed by atoms with Crippen molar-refractivity contribution in [2.45, 2.75) is 11.5 Å². The smallest absolute Gasteiger partial charge is 0.0185 e. The molecule has 0 saturated carbocycles. The highest BCUT2D eigenvalue weighted by Gasteiger charge is 1.99. The van der Waals surface area contributed by atoms with Crippen LogP contribution in [0.2, 0.25) is 0 Å². The van der Waals surface area contributed by atoms with Gasteiger partial charge in [0.1, 0.15) is 0 Å². The fourth-order valence-corrected chi connectivity index (χ4v) is 5.22. The molecule has 0 aliphatic rings. The molecule has 4 aromatic rings. The molecule has 0 radical (unpaired) electrons. The van der Waals surface area contributed by atoms with E-state index in [0.29, 0.717) is 0 Å². The summed E-state index contributed by atoms with van der Waals surface area (Å²) < 4.78 is 0. The molecule has 0 fully saturated rings. The average molecular weight is 375 g/mol. The molecule has 0 aliphatic heterocycles. The number of fused-ring (bicyclic) bond motifs is 2. The Kier molecular flexibility index (Phi) is 5.83. The van der Waals surface area contributed by atoms with Gasteiger partial charge in [-0.1, -0.05) is 84.9 Å². The van der Waals surface area contributed by atoms with Gasteiger partial charge in [-0.25, -0.2) is 0 Å². The predicted octanol–water partition coefficient (Wildman–Crippen LogP) is 7.16. The lowest BCUT2D eigenvalue weighted by atomic mass is 10.1. The molecule has 0 spiro atoms. The summed E-state index contributed by atoms with van der Waals surface area (Å²) in [6, 6.07) is 30.8. The Hall–Kier alpha value is -1.90. The van der Waals surface area contributed by atoms with Gasteiger partial charge in [0.15, 0.2) is 0 Å². The van der Waals surface area contributed by atoms with E-state index < -0.39 is 0 Å². The summed E-state index contributed by atoms with van der Waals surface area (Å²) in [5.41, 5.74) is 2.85. The van der Waals surface area contributed by atoms with Gasteiger partial charge in [-0.2, -0.15) is 23.5 Å². The Balaban J connectivity index is 1.22. The topological polar surface area (TPSA) is 0 Å². The normalized spacial score (nSPS) is 11.2. The second kappa shape index (κ2) is 8.66. The molecule has 0 aliphatic carbocycles. The number of benzene rings is 4. The maximum Gasteiger partial charge on any atom is 0.0185 e. The second-order valence-corrected chi connectivity index (χ2v) is 8.68. The summed E-state index contributed by atoms with van der Waals surface area (Å²) >= 11 is 4.06. The first-order valence-electron chi connectivity index (χ1n) is 8.99. The summed E-state index contributed by atoms with van der Waals surface area (Å²) in [6.45, 7) is 0. The fraction of sp³-hybridized carbons (Fsp3) is 0.167. The standard InChI is InChI=1S/C24H22S2/c1-3-7-23-15-19(9-11-21(23)5-1)17-25-13-14-26-18-20-10-12-22-6-2-4-8-24(22)16-20/h1-12,15-16H,13-14,17-18H2. The Bertz CT molecular complexity index is 924. The lowest BCUT2D eigenvalue weighted by molar-refractivity contribution is 1.40. The van der Waals surface area contributed by atoms with Crippen molar-refractivity contribution in [1.29, 1.82) is 0 Å². The van der Waals surface area contributed by atoms with Crippen molar-refractivity contribution in [3.8, 4) is 0 Å². The van der Waals surface area contributed by atoms with Crippen molar-refractivity contribution in [3.05, 3.63) is 96.1 Å². The minimum atomic E-state index is 1.10. The zero-order valence-electron chi connectivity index (χ0n) is 14.7. The van der Waals surface area contributed by atoms with Crippen molar-refractivity contribution in [2.24, 2.45) is 0 Å². The number of hydrogen-bond donors (Lipinski definition) is 0. The molecule has 4 rings (SSSR count). The molecule has 0 unspecified atom stereocenters. The fourth-order valence-electron chi connectivity index (χ4n) is 3.16. The van der Waals surface area contributed by atoms with Crippen LogP contribution in [0.1, 0.15) is 11.1 Å². The van der Waals surface area contributed by atoms with Crippen molar-refractivity contribution < 1.29 is 0 Å². The predicted molar refractivity (Wildman–Crippen MR) is 120 cm³/mol. The Labute approximate surface area is 164 Å². The molecule has 0 saturated heterocycles. The Morgan fingerprint density at radius 1 is 0.462 bits per heavy atom. The zero-order valence-corrected chi connectivity index (χ0v) is 16.4. The van der Waals surface area contributed by atoms with Crippen molar-refractivity contribution in [1.82, 2.24) is 0 Å². The van der Waals surface area contributed by atoms with Crippen molar-refractivity contribution >= 4 is 45.1 Å². The van der Waals surface area contributed by atoms with Gasteiger partial charge in [-0.05, 0) is 32.7 Å². The van der Waals surface area contributed by atoms with Crippen LogP contribution in [0.25, 0.3) is 21.5 Å². The largest absolute Gasteiger partial charge is 0.156 e. The molecule has 0 bridgehead atoms. The van der Waals surface area contributed by atoms with E-state index in [1.807, 2.05) is 23.5 Å². The minimum absolute atomic E-state index is 1.10. The Morgan fingerprint density at radius 3 is 1.35 bits per heavy atom. The van der Waals surface area contributed by atoms with Crippen LogP contribution in [0.5, 0.6) is 0 Å². The van der Waals surface area contributed by atoms with Gasteiger partial charge >= 0.3 is 0 Å². The lowest BCUT2D eigenvalue weighted by Crippen LogP contribution is -1.89. The molecule has 2 heteroatoms. The summed E-state index contributed by atoms with van der Waals surface area (Å²) in [5, 5.41) is 5.34. The van der Waals surface area contributed by atoms with Gasteiger partial charge in [0.25, 0.3) is 0 Å². The van der Waals surface area contributed by atoms with E-state index in [2.05, 4.69) is 84.9 Å². The van der Waals surface area contributed by atoms with Crippen LogP contribution in [0.3, 0.4) is 0 Å². The molecule has 0 nitrogen and oxygen atoms in total. The SMILES string of the molecule is c1ccc2cc(CSCCSCc3ccc4ccccc4c3)ccc2c1. The molecular weight excluding hydrogens is 352 g/mol. The molecule has 0 heterocycles. The molecule has 4 aromatic carbocycles. The quantitative estimate of drug-likeness (QED) is 0.315. The van der Waals surface area contributed by atoms with E-state index in [1.54, 1.807) is 0 Å². The third-order valence-electron chi connectivity index (χ3n) is 4.54. The van der Waals surface area contributed by atoms with Gasteiger partial charge in [0.05, 0.1) is 0 Å². The van der Waals surface area contributed by atoms with Crippen LogP contribution in [0, 0.1) is 0 Å². The molecule has 0 amide bonds. The first kappa shape index (κ1) is 17.5. The number of thioether (sulfide) groups is 2. The van der Waals surface area contributed by atoms with E-state index in [1.165, 1.54) is 44.2 Å². The van der Waals surface area contributed by atoms with Crippen LogP contribution in [0.15, 0.2) is 84.9 Å². The van der Waals surface area contributed by atoms with E-state index in [-0.39, 0.29) is 0 Å². The van der Waals surface area contributed by atoms with Gasteiger partial charge in [-0.3, -0.25) is 0 Å². The van der Waals surface area contributed by atoms with Crippen LogP contribution >= 0.6 is 23.5 Å². The van der Waals surface area contributed by atoms with Gasteiger partial charge < -0.3 is 0 Å². The highest BCUT2D eigenvalue weighted by Crippen LogP contribution is 2.22. The van der Waals surface area contributed by atoms with Gasteiger partial charge in [0, 0.05) is 23.0 Å². The third-order valence-corrected chi connectivity index (χ3v) is 6.86. The highest BCUT2D eigenvalue weighted by molar-refractivity contribution is 8.02. The second-order valence-electron chi connectivity index (χ2n) is 6.47. The summed E-state index contributed by atoms with van der Waals surface area (Å²) in [7, 11) is 0. The van der Waals surface area contributed by atoms with E-state index in [4.69, 9.17) is 0 Å². The monoisotopic (exact) mass is 374 g/mol. The molecule has 0 aromatic heterocycles.